The number of nitrogens with zero attached hydrogens (tertiary/aromatic N) is 1. The molecule has 1 saturated carbocycles. The van der Waals surface area contributed by atoms with Crippen LogP contribution in [0.25, 0.3) is 0 Å². The molecular formula is C16H22Cl2N2O2S. The highest BCUT2D eigenvalue weighted by Gasteiger charge is 2.35. The van der Waals surface area contributed by atoms with Crippen molar-refractivity contribution in [2.24, 2.45) is 5.92 Å². The van der Waals surface area contributed by atoms with E-state index in [2.05, 4.69) is 9.62 Å². The zero-order valence-corrected chi connectivity index (χ0v) is 15.7. The molecule has 0 spiro atoms. The molecule has 0 radical (unpaired) electrons. The molecule has 1 aromatic rings. The summed E-state index contributed by atoms with van der Waals surface area (Å²) in [5.41, 5.74) is 1.17. The molecule has 0 unspecified atom stereocenters. The Bertz CT molecular complexity index is 691. The van der Waals surface area contributed by atoms with Crippen molar-refractivity contribution >= 4 is 33.2 Å². The van der Waals surface area contributed by atoms with Gasteiger partial charge < -0.3 is 4.90 Å². The van der Waals surface area contributed by atoms with E-state index in [0.717, 1.165) is 25.6 Å². The largest absolute Gasteiger partial charge is 0.300 e. The number of hydrogen-bond acceptors (Lipinski definition) is 3. The minimum Gasteiger partial charge on any atom is -0.300 e. The summed E-state index contributed by atoms with van der Waals surface area (Å²) in [6.07, 6.45) is 3.62. The van der Waals surface area contributed by atoms with E-state index < -0.39 is 10.0 Å². The second kappa shape index (κ2) is 6.52. The number of nitrogens with one attached hydrogen (secondary N) is 1. The van der Waals surface area contributed by atoms with E-state index in [1.165, 1.54) is 12.8 Å². The third kappa shape index (κ3) is 3.69. The lowest BCUT2D eigenvalue weighted by Crippen LogP contribution is -2.32. The van der Waals surface area contributed by atoms with Crippen molar-refractivity contribution in [1.82, 2.24) is 9.62 Å². The van der Waals surface area contributed by atoms with Crippen molar-refractivity contribution in [2.45, 2.75) is 44.0 Å². The fourth-order valence-corrected chi connectivity index (χ4v) is 5.56. The monoisotopic (exact) mass is 376 g/mol. The average molecular weight is 377 g/mol. The number of rotatable bonds is 5. The van der Waals surface area contributed by atoms with Crippen molar-refractivity contribution in [3.05, 3.63) is 27.2 Å². The van der Waals surface area contributed by atoms with Crippen molar-refractivity contribution < 1.29 is 8.42 Å². The molecule has 2 fully saturated rings. The summed E-state index contributed by atoms with van der Waals surface area (Å²) < 4.78 is 28.1. The van der Waals surface area contributed by atoms with E-state index in [4.69, 9.17) is 23.2 Å². The first-order chi connectivity index (χ1) is 10.8. The first-order valence-corrected chi connectivity index (χ1v) is 10.2. The predicted molar refractivity (Wildman–Crippen MR) is 93.8 cm³/mol. The van der Waals surface area contributed by atoms with Crippen LogP contribution < -0.4 is 4.72 Å². The maximum Gasteiger partial charge on any atom is 0.242 e. The summed E-state index contributed by atoms with van der Waals surface area (Å²) >= 11 is 12.4. The SMILES string of the molecule is Cc1cc(Cl)c(C)c(S(=O)(=O)NC[C@H]2CCN(C3CC3)C2)c1Cl. The highest BCUT2D eigenvalue weighted by atomic mass is 35.5. The summed E-state index contributed by atoms with van der Waals surface area (Å²) in [4.78, 5) is 2.59. The van der Waals surface area contributed by atoms with Gasteiger partial charge in [0.15, 0.2) is 0 Å². The number of benzene rings is 1. The van der Waals surface area contributed by atoms with Crippen LogP contribution in [0, 0.1) is 19.8 Å². The standard InChI is InChI=1S/C16H22Cl2N2O2S/c1-10-7-14(17)11(2)16(15(10)18)23(21,22)19-8-12-5-6-20(9-12)13-3-4-13/h7,12-13,19H,3-6,8-9H2,1-2H3/t12-/m1/s1. The van der Waals surface area contributed by atoms with Crippen LogP contribution in [0.5, 0.6) is 0 Å². The van der Waals surface area contributed by atoms with E-state index in [-0.39, 0.29) is 9.92 Å². The summed E-state index contributed by atoms with van der Waals surface area (Å²) in [5.74, 6) is 0.365. The van der Waals surface area contributed by atoms with Crippen LogP contribution in [0.2, 0.25) is 10.0 Å². The zero-order valence-electron chi connectivity index (χ0n) is 13.4. The Kier molecular flexibility index (Phi) is 4.96. The Morgan fingerprint density at radius 3 is 2.61 bits per heavy atom. The van der Waals surface area contributed by atoms with E-state index in [1.807, 2.05) is 0 Å². The van der Waals surface area contributed by atoms with Gasteiger partial charge in [-0.05, 0) is 62.8 Å². The topological polar surface area (TPSA) is 49.4 Å². The highest BCUT2D eigenvalue weighted by Crippen LogP contribution is 2.34. The van der Waals surface area contributed by atoms with Crippen LogP contribution in [-0.2, 0) is 10.0 Å². The minimum absolute atomic E-state index is 0.112. The van der Waals surface area contributed by atoms with Crippen molar-refractivity contribution in [1.29, 1.82) is 0 Å². The molecular weight excluding hydrogens is 355 g/mol. The van der Waals surface area contributed by atoms with Gasteiger partial charge in [0.1, 0.15) is 4.90 Å². The maximum absolute atomic E-state index is 12.7. The molecule has 1 aliphatic heterocycles. The Morgan fingerprint density at radius 2 is 1.96 bits per heavy atom. The van der Waals surface area contributed by atoms with E-state index in [9.17, 15) is 8.42 Å². The van der Waals surface area contributed by atoms with Gasteiger partial charge in [-0.1, -0.05) is 23.2 Å². The van der Waals surface area contributed by atoms with Crippen LogP contribution in [0.4, 0.5) is 0 Å². The second-order valence-corrected chi connectivity index (χ2v) is 9.17. The smallest absolute Gasteiger partial charge is 0.242 e. The lowest BCUT2D eigenvalue weighted by atomic mass is 10.1. The second-order valence-electron chi connectivity index (χ2n) is 6.68. The normalized spacial score (nSPS) is 22.7. The van der Waals surface area contributed by atoms with Crippen molar-refractivity contribution in [3.8, 4) is 0 Å². The van der Waals surface area contributed by atoms with Crippen LogP contribution in [0.1, 0.15) is 30.4 Å². The molecule has 1 aliphatic carbocycles. The first kappa shape index (κ1) is 17.5. The first-order valence-electron chi connectivity index (χ1n) is 7.98. The zero-order chi connectivity index (χ0) is 16.8. The molecule has 1 heterocycles. The highest BCUT2D eigenvalue weighted by molar-refractivity contribution is 7.89. The molecule has 23 heavy (non-hydrogen) atoms. The number of hydrogen-bond donors (Lipinski definition) is 1. The van der Waals surface area contributed by atoms with Gasteiger partial charge in [0.25, 0.3) is 0 Å². The Hall–Kier alpha value is -0.330. The predicted octanol–water partition coefficient (Wildman–Crippen LogP) is 3.37. The van der Waals surface area contributed by atoms with Crippen molar-refractivity contribution in [2.75, 3.05) is 19.6 Å². The molecule has 1 atom stereocenters. The van der Waals surface area contributed by atoms with Gasteiger partial charge in [0, 0.05) is 24.2 Å². The summed E-state index contributed by atoms with van der Waals surface area (Å²) in [6, 6.07) is 2.44. The van der Waals surface area contributed by atoms with Crippen LogP contribution >= 0.6 is 23.2 Å². The molecule has 0 amide bonds. The lowest BCUT2D eigenvalue weighted by molar-refractivity contribution is 0.314. The van der Waals surface area contributed by atoms with Crippen molar-refractivity contribution in [3.63, 3.8) is 0 Å². The van der Waals surface area contributed by atoms with Gasteiger partial charge in [-0.3, -0.25) is 0 Å². The molecule has 7 heteroatoms. The van der Waals surface area contributed by atoms with E-state index >= 15 is 0 Å². The quantitative estimate of drug-likeness (QED) is 0.856. The molecule has 1 N–H and O–H groups in total. The molecule has 3 rings (SSSR count). The third-order valence-electron chi connectivity index (χ3n) is 4.80. The fraction of sp³-hybridized carbons (Fsp3) is 0.625. The molecule has 1 saturated heterocycles. The van der Waals surface area contributed by atoms with Gasteiger partial charge in [-0.25, -0.2) is 13.1 Å². The van der Waals surface area contributed by atoms with Gasteiger partial charge in [-0.15, -0.1) is 0 Å². The van der Waals surface area contributed by atoms with Crippen LogP contribution in [0.15, 0.2) is 11.0 Å². The molecule has 2 aliphatic rings. The third-order valence-corrected chi connectivity index (χ3v) is 7.39. The van der Waals surface area contributed by atoms with E-state index in [1.54, 1.807) is 19.9 Å². The molecule has 0 aromatic heterocycles. The number of halogens is 2. The Morgan fingerprint density at radius 1 is 1.26 bits per heavy atom. The molecule has 1 aromatic carbocycles. The number of aryl methyl sites for hydroxylation is 1. The Labute approximate surface area is 148 Å². The minimum atomic E-state index is -3.66. The fourth-order valence-electron chi connectivity index (χ4n) is 3.23. The van der Waals surface area contributed by atoms with Gasteiger partial charge in [-0.2, -0.15) is 0 Å². The lowest BCUT2D eigenvalue weighted by Gasteiger charge is -2.17. The van der Waals surface area contributed by atoms with E-state index in [0.29, 0.717) is 28.6 Å². The summed E-state index contributed by atoms with van der Waals surface area (Å²) in [6.45, 7) is 5.96. The number of likely N-dealkylation sites (tertiary alicyclic amines) is 1. The Balaban J connectivity index is 1.72. The average Bonchev–Trinajstić information content (AvgIpc) is 3.22. The molecule has 0 bridgehead atoms. The van der Waals surface area contributed by atoms with Crippen LogP contribution in [0.3, 0.4) is 0 Å². The van der Waals surface area contributed by atoms with Gasteiger partial charge in [0.05, 0.1) is 5.02 Å². The van der Waals surface area contributed by atoms with Gasteiger partial charge >= 0.3 is 0 Å². The molecule has 128 valence electrons. The maximum atomic E-state index is 12.7. The molecule has 4 nitrogen and oxygen atoms in total. The summed E-state index contributed by atoms with van der Waals surface area (Å²) in [7, 11) is -3.66. The van der Waals surface area contributed by atoms with Gasteiger partial charge in [0.2, 0.25) is 10.0 Å². The number of sulfonamides is 1. The summed E-state index contributed by atoms with van der Waals surface area (Å²) in [5, 5.41) is 0.679. The van der Waals surface area contributed by atoms with Crippen LogP contribution in [-0.4, -0.2) is 39.0 Å².